The number of ether oxygens (including phenoxy) is 1. The summed E-state index contributed by atoms with van der Waals surface area (Å²) in [7, 11) is 1.60. The van der Waals surface area contributed by atoms with E-state index in [1.54, 1.807) is 37.4 Å². The Morgan fingerprint density at radius 3 is 2.79 bits per heavy atom. The van der Waals surface area contributed by atoms with Gasteiger partial charge in [-0.15, -0.1) is 0 Å². The van der Waals surface area contributed by atoms with Gasteiger partial charge in [-0.2, -0.15) is 0 Å². The number of fused-ring (bicyclic) bond motifs is 1. The molecule has 24 heavy (non-hydrogen) atoms. The maximum absolute atomic E-state index is 13.5. The van der Waals surface area contributed by atoms with Crippen LogP contribution in [0.25, 0.3) is 10.9 Å². The van der Waals surface area contributed by atoms with E-state index in [2.05, 4.69) is 10.3 Å². The summed E-state index contributed by atoms with van der Waals surface area (Å²) in [5, 5.41) is 3.67. The van der Waals surface area contributed by atoms with Crippen LogP contribution in [-0.4, -0.2) is 24.5 Å². The second kappa shape index (κ2) is 7.08. The van der Waals surface area contributed by atoms with Gasteiger partial charge in [-0.3, -0.25) is 4.79 Å². The van der Waals surface area contributed by atoms with Crippen LogP contribution >= 0.6 is 0 Å². The lowest BCUT2D eigenvalue weighted by Crippen LogP contribution is -2.26. The first-order chi connectivity index (χ1) is 11.7. The number of aromatic nitrogens is 1. The van der Waals surface area contributed by atoms with Gasteiger partial charge in [-0.25, -0.2) is 9.37 Å². The van der Waals surface area contributed by atoms with E-state index in [0.29, 0.717) is 24.2 Å². The Morgan fingerprint density at radius 2 is 2.00 bits per heavy atom. The average Bonchev–Trinajstić information content (AvgIpc) is 2.62. The molecule has 0 unspecified atom stereocenters. The zero-order chi connectivity index (χ0) is 16.9. The Balaban J connectivity index is 1.66. The number of benzene rings is 2. The van der Waals surface area contributed by atoms with Gasteiger partial charge in [-0.05, 0) is 42.3 Å². The van der Waals surface area contributed by atoms with Crippen LogP contribution < -0.4 is 10.1 Å². The summed E-state index contributed by atoms with van der Waals surface area (Å²) < 4.78 is 18.7. The zero-order valence-electron chi connectivity index (χ0n) is 13.3. The van der Waals surface area contributed by atoms with Crippen molar-refractivity contribution in [3.8, 4) is 5.75 Å². The third-order valence-electron chi connectivity index (χ3n) is 3.77. The fourth-order valence-electron chi connectivity index (χ4n) is 2.46. The van der Waals surface area contributed by atoms with Gasteiger partial charge in [0.25, 0.3) is 5.91 Å². The summed E-state index contributed by atoms with van der Waals surface area (Å²) in [5.41, 5.74) is 1.63. The van der Waals surface area contributed by atoms with Crippen molar-refractivity contribution in [1.29, 1.82) is 0 Å². The molecule has 0 aliphatic rings. The normalized spacial score (nSPS) is 10.6. The summed E-state index contributed by atoms with van der Waals surface area (Å²) in [4.78, 5) is 16.5. The molecule has 1 N–H and O–H groups in total. The fourth-order valence-corrected chi connectivity index (χ4v) is 2.46. The third kappa shape index (κ3) is 3.51. The Labute approximate surface area is 139 Å². The van der Waals surface area contributed by atoms with Crippen molar-refractivity contribution in [1.82, 2.24) is 10.3 Å². The molecule has 5 heteroatoms. The molecule has 0 aliphatic heterocycles. The van der Waals surface area contributed by atoms with E-state index in [4.69, 9.17) is 4.74 Å². The van der Waals surface area contributed by atoms with Crippen molar-refractivity contribution in [3.63, 3.8) is 0 Å². The van der Waals surface area contributed by atoms with Crippen molar-refractivity contribution in [2.24, 2.45) is 0 Å². The highest BCUT2D eigenvalue weighted by molar-refractivity contribution is 5.95. The molecule has 2 aromatic carbocycles. The van der Waals surface area contributed by atoms with E-state index in [-0.39, 0.29) is 11.7 Å². The molecule has 0 fully saturated rings. The number of amides is 1. The molecule has 3 rings (SSSR count). The molecule has 0 spiro atoms. The van der Waals surface area contributed by atoms with Crippen molar-refractivity contribution >= 4 is 16.8 Å². The van der Waals surface area contributed by atoms with Crippen molar-refractivity contribution in [2.75, 3.05) is 13.7 Å². The van der Waals surface area contributed by atoms with E-state index >= 15 is 0 Å². The molecule has 3 aromatic rings. The highest BCUT2D eigenvalue weighted by Gasteiger charge is 2.09. The predicted octanol–water partition coefficient (Wildman–Crippen LogP) is 3.36. The van der Waals surface area contributed by atoms with E-state index in [9.17, 15) is 9.18 Å². The highest BCUT2D eigenvalue weighted by atomic mass is 19.1. The molecule has 0 saturated carbocycles. The summed E-state index contributed by atoms with van der Waals surface area (Å²) in [6.45, 7) is 0.349. The van der Waals surface area contributed by atoms with E-state index in [1.807, 2.05) is 18.2 Å². The van der Waals surface area contributed by atoms with Gasteiger partial charge in [0.2, 0.25) is 0 Å². The smallest absolute Gasteiger partial charge is 0.269 e. The maximum Gasteiger partial charge on any atom is 0.269 e. The van der Waals surface area contributed by atoms with Crippen LogP contribution in [0.15, 0.2) is 54.6 Å². The highest BCUT2D eigenvalue weighted by Crippen LogP contribution is 2.19. The standard InChI is InChI=1S/C19H17FN2O2/c1-24-15-7-9-17-14(12-15)6-8-18(22-17)19(23)21-11-10-13-4-2-3-5-16(13)20/h2-9,12H,10-11H2,1H3,(H,21,23). The van der Waals surface area contributed by atoms with Gasteiger partial charge >= 0.3 is 0 Å². The van der Waals surface area contributed by atoms with Gasteiger partial charge in [0, 0.05) is 11.9 Å². The molecule has 0 saturated heterocycles. The number of hydrogen-bond donors (Lipinski definition) is 1. The Morgan fingerprint density at radius 1 is 1.17 bits per heavy atom. The van der Waals surface area contributed by atoms with Crippen LogP contribution in [0.1, 0.15) is 16.1 Å². The minimum Gasteiger partial charge on any atom is -0.497 e. The van der Waals surface area contributed by atoms with Crippen LogP contribution in [0.3, 0.4) is 0 Å². The molecular formula is C19H17FN2O2. The number of methoxy groups -OCH3 is 1. The Bertz CT molecular complexity index is 880. The van der Waals surface area contributed by atoms with Crippen LogP contribution in [0.4, 0.5) is 4.39 Å². The molecule has 1 amide bonds. The number of hydrogen-bond acceptors (Lipinski definition) is 3. The summed E-state index contributed by atoms with van der Waals surface area (Å²) >= 11 is 0. The van der Waals surface area contributed by atoms with Crippen LogP contribution in [0.5, 0.6) is 5.75 Å². The number of nitrogens with zero attached hydrogens (tertiary/aromatic N) is 1. The maximum atomic E-state index is 13.5. The van der Waals surface area contributed by atoms with Gasteiger partial charge in [0.05, 0.1) is 12.6 Å². The topological polar surface area (TPSA) is 51.2 Å². The number of nitrogens with one attached hydrogen (secondary N) is 1. The summed E-state index contributed by atoms with van der Waals surface area (Å²) in [6, 6.07) is 15.5. The van der Waals surface area contributed by atoms with Crippen LogP contribution in [0, 0.1) is 5.82 Å². The Hall–Kier alpha value is -2.95. The third-order valence-corrected chi connectivity index (χ3v) is 3.77. The summed E-state index contributed by atoms with van der Waals surface area (Å²) in [5.74, 6) is 0.208. The monoisotopic (exact) mass is 324 g/mol. The second-order valence-electron chi connectivity index (χ2n) is 5.35. The zero-order valence-corrected chi connectivity index (χ0v) is 13.3. The molecule has 1 aromatic heterocycles. The number of carbonyl (C=O) groups is 1. The van der Waals surface area contributed by atoms with E-state index < -0.39 is 0 Å². The number of carbonyl (C=O) groups excluding carboxylic acids is 1. The van der Waals surface area contributed by atoms with Gasteiger partial charge in [0.1, 0.15) is 17.3 Å². The SMILES string of the molecule is COc1ccc2nc(C(=O)NCCc3ccccc3F)ccc2c1. The molecule has 1 heterocycles. The van der Waals surface area contributed by atoms with Crippen LogP contribution in [0.2, 0.25) is 0 Å². The molecule has 4 nitrogen and oxygen atoms in total. The quantitative estimate of drug-likeness (QED) is 0.783. The first-order valence-electron chi connectivity index (χ1n) is 7.64. The van der Waals surface area contributed by atoms with Crippen molar-refractivity contribution in [3.05, 3.63) is 71.7 Å². The lowest BCUT2D eigenvalue weighted by Gasteiger charge is -2.07. The molecule has 0 bridgehead atoms. The fraction of sp³-hybridized carbons (Fsp3) is 0.158. The molecule has 0 radical (unpaired) electrons. The van der Waals surface area contributed by atoms with Crippen molar-refractivity contribution in [2.45, 2.75) is 6.42 Å². The number of halogens is 1. The van der Waals surface area contributed by atoms with E-state index in [0.717, 1.165) is 16.7 Å². The molecular weight excluding hydrogens is 307 g/mol. The average molecular weight is 324 g/mol. The van der Waals surface area contributed by atoms with Crippen molar-refractivity contribution < 1.29 is 13.9 Å². The van der Waals surface area contributed by atoms with E-state index in [1.165, 1.54) is 6.07 Å². The second-order valence-corrected chi connectivity index (χ2v) is 5.35. The van der Waals surface area contributed by atoms with Gasteiger partial charge in [-0.1, -0.05) is 24.3 Å². The Kier molecular flexibility index (Phi) is 4.70. The lowest BCUT2D eigenvalue weighted by molar-refractivity contribution is 0.0949. The minimum absolute atomic E-state index is 0.260. The predicted molar refractivity (Wildman–Crippen MR) is 90.7 cm³/mol. The number of pyridine rings is 1. The largest absolute Gasteiger partial charge is 0.497 e. The minimum atomic E-state index is -0.274. The molecule has 0 aliphatic carbocycles. The number of rotatable bonds is 5. The lowest BCUT2D eigenvalue weighted by atomic mass is 10.1. The van der Waals surface area contributed by atoms with Gasteiger partial charge < -0.3 is 10.1 Å². The first-order valence-corrected chi connectivity index (χ1v) is 7.64. The first kappa shape index (κ1) is 15.9. The van der Waals surface area contributed by atoms with Gasteiger partial charge in [0.15, 0.2) is 0 Å². The summed E-state index contributed by atoms with van der Waals surface area (Å²) in [6.07, 6.45) is 0.434. The molecule has 122 valence electrons. The molecule has 0 atom stereocenters. The van der Waals surface area contributed by atoms with Crippen LogP contribution in [-0.2, 0) is 6.42 Å².